The quantitative estimate of drug-likeness (QED) is 0.190. The fourth-order valence-corrected chi connectivity index (χ4v) is 5.78. The molecule has 0 fully saturated rings. The Hall–Kier alpha value is -0.660. The van der Waals surface area contributed by atoms with Crippen LogP contribution in [0.2, 0.25) is 0 Å². The van der Waals surface area contributed by atoms with Crippen molar-refractivity contribution in [1.29, 1.82) is 0 Å². The molecule has 7 heteroatoms. The molecule has 29 heavy (non-hydrogen) atoms. The van der Waals surface area contributed by atoms with E-state index in [1.165, 1.54) is 44.9 Å². The maximum Gasteiger partial charge on any atom is 0.363 e. The van der Waals surface area contributed by atoms with Crippen molar-refractivity contribution in [3.63, 3.8) is 0 Å². The molecule has 0 aromatic rings. The summed E-state index contributed by atoms with van der Waals surface area (Å²) >= 11 is 0. The Kier molecular flexibility index (Phi) is 12.6. The first-order valence-corrected chi connectivity index (χ1v) is 12.8. The molecule has 0 aliphatic carbocycles. The van der Waals surface area contributed by atoms with E-state index < -0.39 is 33.5 Å². The van der Waals surface area contributed by atoms with Gasteiger partial charge in [0.15, 0.2) is 6.04 Å². The zero-order chi connectivity index (χ0) is 22.7. The lowest BCUT2D eigenvalue weighted by molar-refractivity contribution is -0.895. The van der Waals surface area contributed by atoms with Crippen molar-refractivity contribution in [2.45, 2.75) is 97.4 Å². The minimum Gasteiger partial charge on any atom is -0.477 e. The average molecular weight is 437 g/mol. The third-order valence-corrected chi connectivity index (χ3v) is 6.91. The van der Waals surface area contributed by atoms with Gasteiger partial charge < -0.3 is 9.59 Å². The van der Waals surface area contributed by atoms with Crippen molar-refractivity contribution in [2.75, 3.05) is 26.9 Å². The number of hydrogen-bond acceptors (Lipinski definition) is 3. The minimum absolute atomic E-state index is 0.197. The molecule has 0 heterocycles. The van der Waals surface area contributed by atoms with E-state index in [2.05, 4.69) is 6.92 Å². The third-order valence-electron chi connectivity index (χ3n) is 6.08. The van der Waals surface area contributed by atoms with Crippen molar-refractivity contribution in [3.05, 3.63) is 0 Å². The van der Waals surface area contributed by atoms with E-state index in [1.54, 1.807) is 0 Å². The molecule has 0 spiro atoms. The molecular weight excluding hydrogens is 390 g/mol. The van der Waals surface area contributed by atoms with Crippen LogP contribution in [0.4, 0.5) is 0 Å². The summed E-state index contributed by atoms with van der Waals surface area (Å²) in [6.07, 6.45) is 12.5. The zero-order valence-electron chi connectivity index (χ0n) is 19.6. The lowest BCUT2D eigenvalue weighted by Crippen LogP contribution is -2.60. The summed E-state index contributed by atoms with van der Waals surface area (Å²) in [7, 11) is 1.26. The molecule has 174 valence electrons. The van der Waals surface area contributed by atoms with Crippen LogP contribution in [0.3, 0.4) is 0 Å². The Morgan fingerprint density at radius 3 is 1.66 bits per heavy atom. The number of likely N-dealkylation sites (N-methyl/N-ethyl adjacent to an activating group) is 1. The molecule has 0 amide bonds. The number of carboxylic acids is 1. The molecule has 0 bridgehead atoms. The van der Waals surface area contributed by atoms with Crippen molar-refractivity contribution in [3.8, 4) is 0 Å². The Balaban J connectivity index is 4.77. The summed E-state index contributed by atoms with van der Waals surface area (Å²) in [5.74, 6) is -1.74. The van der Waals surface area contributed by atoms with Gasteiger partial charge in [0.1, 0.15) is 0 Å². The van der Waals surface area contributed by atoms with E-state index in [9.17, 15) is 22.9 Å². The Morgan fingerprint density at radius 2 is 1.31 bits per heavy atom. The summed E-state index contributed by atoms with van der Waals surface area (Å²) in [6.45, 7) is 5.86. The number of carboxylic acid groups (broad SMARTS) is 1. The van der Waals surface area contributed by atoms with Crippen molar-refractivity contribution >= 4 is 16.1 Å². The lowest BCUT2D eigenvalue weighted by atomic mass is 9.70. The molecule has 2 N–H and O–H groups in total. The number of rotatable bonds is 17. The van der Waals surface area contributed by atoms with Gasteiger partial charge in [0.2, 0.25) is 0 Å². The van der Waals surface area contributed by atoms with Gasteiger partial charge in [-0.3, -0.25) is 4.55 Å². The highest BCUT2D eigenvalue weighted by atomic mass is 32.2. The van der Waals surface area contributed by atoms with E-state index in [0.29, 0.717) is 6.42 Å². The van der Waals surface area contributed by atoms with Crippen molar-refractivity contribution < 1.29 is 27.4 Å². The molecule has 0 rings (SSSR count). The topological polar surface area (TPSA) is 91.7 Å². The van der Waals surface area contributed by atoms with Gasteiger partial charge in [-0.25, -0.2) is 4.79 Å². The first-order chi connectivity index (χ1) is 13.2. The van der Waals surface area contributed by atoms with Crippen LogP contribution in [0.25, 0.3) is 0 Å². The van der Waals surface area contributed by atoms with Gasteiger partial charge in [0.25, 0.3) is 10.1 Å². The minimum atomic E-state index is -4.17. The van der Waals surface area contributed by atoms with Crippen LogP contribution in [-0.2, 0) is 14.9 Å². The molecule has 0 aromatic carbocycles. The molecule has 0 saturated carbocycles. The normalized spacial score (nSPS) is 15.3. The van der Waals surface area contributed by atoms with Gasteiger partial charge in [-0.05, 0) is 12.3 Å². The van der Waals surface area contributed by atoms with E-state index in [0.717, 1.165) is 19.3 Å². The van der Waals surface area contributed by atoms with Crippen molar-refractivity contribution in [2.24, 2.45) is 11.3 Å². The smallest absolute Gasteiger partial charge is 0.363 e. The summed E-state index contributed by atoms with van der Waals surface area (Å²) in [4.78, 5) is 12.0. The second-order valence-electron chi connectivity index (χ2n) is 10.1. The molecule has 2 atom stereocenters. The maximum absolute atomic E-state index is 12.0. The molecule has 6 nitrogen and oxygen atoms in total. The molecule has 0 aliphatic heterocycles. The van der Waals surface area contributed by atoms with Crippen LogP contribution < -0.4 is 0 Å². The summed E-state index contributed by atoms with van der Waals surface area (Å²) in [6, 6.07) is -0.766. The van der Waals surface area contributed by atoms with Gasteiger partial charge in [0, 0.05) is 5.41 Å². The first kappa shape index (κ1) is 28.3. The highest BCUT2D eigenvalue weighted by Gasteiger charge is 2.50. The number of nitrogens with zero attached hydrogens (tertiary/aromatic N) is 1. The number of aliphatic carboxylic acids is 1. The van der Waals surface area contributed by atoms with Gasteiger partial charge in [-0.2, -0.15) is 8.42 Å². The molecule has 0 aromatic heterocycles. The predicted octanol–water partition coefficient (Wildman–Crippen LogP) is 4.99. The third kappa shape index (κ3) is 11.9. The number of unbranched alkanes of at least 4 members (excludes halogenated alkanes) is 9. The van der Waals surface area contributed by atoms with E-state index >= 15 is 0 Å². The summed E-state index contributed by atoms with van der Waals surface area (Å²) in [5, 5.41) is 9.81. The van der Waals surface area contributed by atoms with Crippen LogP contribution >= 0.6 is 0 Å². The second-order valence-corrected chi connectivity index (χ2v) is 11.6. The SMILES string of the molecule is CCCCCCCCCCCCC(CS(=O)(=O)O)C(C)(C)C(C(=O)O)[N+](C)(C)C. The standard InChI is InChI=1S/C22H45NO5S/c1-7-8-9-10-11-12-13-14-15-16-17-19(18-29(26,27)28)22(2,3)20(21(24)25)23(4,5)6/h19-20H,7-18H2,1-6H3,(H-,24,25,26,27,28)/p+1. The molecule has 0 radical (unpaired) electrons. The zero-order valence-corrected chi connectivity index (χ0v) is 20.4. The highest BCUT2D eigenvalue weighted by molar-refractivity contribution is 7.85. The van der Waals surface area contributed by atoms with Gasteiger partial charge >= 0.3 is 5.97 Å². The van der Waals surface area contributed by atoms with Crippen LogP contribution in [0.1, 0.15) is 91.4 Å². The van der Waals surface area contributed by atoms with Gasteiger partial charge in [0.05, 0.1) is 26.9 Å². The first-order valence-electron chi connectivity index (χ1n) is 11.2. The lowest BCUT2D eigenvalue weighted by Gasteiger charge is -2.44. The van der Waals surface area contributed by atoms with Crippen LogP contribution in [0, 0.1) is 11.3 Å². The Labute approximate surface area is 179 Å². The van der Waals surface area contributed by atoms with Crippen LogP contribution in [0.5, 0.6) is 0 Å². The van der Waals surface area contributed by atoms with E-state index in [-0.39, 0.29) is 10.2 Å². The molecule has 2 unspecified atom stereocenters. The number of quaternary nitrogens is 1. The predicted molar refractivity (Wildman–Crippen MR) is 120 cm³/mol. The monoisotopic (exact) mass is 436 g/mol. The summed E-state index contributed by atoms with van der Waals surface area (Å²) in [5.41, 5.74) is -0.779. The van der Waals surface area contributed by atoms with E-state index in [1.807, 2.05) is 35.0 Å². The maximum atomic E-state index is 12.0. The van der Waals surface area contributed by atoms with Crippen LogP contribution in [0.15, 0.2) is 0 Å². The Bertz CT molecular complexity index is 566. The molecular formula is C22H46NO5S+. The van der Waals surface area contributed by atoms with Gasteiger partial charge in [-0.1, -0.05) is 85.0 Å². The van der Waals surface area contributed by atoms with Gasteiger partial charge in [-0.15, -0.1) is 0 Å². The van der Waals surface area contributed by atoms with E-state index in [4.69, 9.17) is 0 Å². The summed E-state index contributed by atoms with van der Waals surface area (Å²) < 4.78 is 32.9. The Morgan fingerprint density at radius 1 is 0.897 bits per heavy atom. The second kappa shape index (κ2) is 12.9. The average Bonchev–Trinajstić information content (AvgIpc) is 2.52. The highest BCUT2D eigenvalue weighted by Crippen LogP contribution is 2.39. The molecule has 0 saturated heterocycles. The van der Waals surface area contributed by atoms with Crippen LogP contribution in [-0.4, -0.2) is 61.5 Å². The largest absolute Gasteiger partial charge is 0.477 e. The number of carbonyl (C=O) groups is 1. The number of hydrogen-bond donors (Lipinski definition) is 2. The van der Waals surface area contributed by atoms with Crippen molar-refractivity contribution in [1.82, 2.24) is 0 Å². The fourth-order valence-electron chi connectivity index (χ4n) is 4.67. The fraction of sp³-hybridized carbons (Fsp3) is 0.955. The molecule has 0 aliphatic rings.